The van der Waals surface area contributed by atoms with Gasteiger partial charge >= 0.3 is 0 Å². The molecule has 34 heavy (non-hydrogen) atoms. The average molecular weight is 504 g/mol. The van der Waals surface area contributed by atoms with Gasteiger partial charge in [-0.1, -0.05) is 0 Å². The number of aldehydes is 1. The zero-order chi connectivity index (χ0) is 25.9. The molecule has 0 radical (unpaired) electrons. The third-order valence-electron chi connectivity index (χ3n) is 5.92. The molecule has 2 aliphatic rings. The SMILES string of the molecule is O=C[C@H](O)[C@@H](O)[C@H](O)[C@H](O)C(O[C@@H]1O[C@H](CO)[C@@H](O)[C@H](O)[C@H]1O)[C@@H]1O[C@H](CO)[C@@H](O)[C@H](O)[C@H]1O. The highest BCUT2D eigenvalue weighted by Crippen LogP contribution is 2.31. The molecule has 0 bridgehead atoms. The predicted octanol–water partition coefficient (Wildman–Crippen LogP) is -8.34. The quantitative estimate of drug-likeness (QED) is 0.123. The summed E-state index contributed by atoms with van der Waals surface area (Å²) in [5.74, 6) is 0. The van der Waals surface area contributed by atoms with Crippen LogP contribution < -0.4 is 0 Å². The highest BCUT2D eigenvalue weighted by atomic mass is 16.7. The maximum absolute atomic E-state index is 10.7. The first-order valence-corrected chi connectivity index (χ1v) is 10.3. The minimum atomic E-state index is -2.37. The van der Waals surface area contributed by atoms with E-state index >= 15 is 0 Å². The standard InChI is InChI=1S/C18H32O16/c19-1-4(22)7(23)10(26)13(29)17(16-14(30)11(27)8(24)5(2-20)32-16)34-18-15(31)12(28)9(25)6(3-21)33-18/h1,4-18,20-31H,2-3H2/t4-,5+,6+,7+,8+,9+,10-,11-,12-,13-,14+,15+,16+,17?,18-/m0/s1. The minimum Gasteiger partial charge on any atom is -0.394 e. The fraction of sp³-hybridized carbons (Fsp3) is 0.944. The van der Waals surface area contributed by atoms with Crippen molar-refractivity contribution in [3.8, 4) is 0 Å². The summed E-state index contributed by atoms with van der Waals surface area (Å²) < 4.78 is 15.8. The Bertz CT molecular complexity index is 635. The van der Waals surface area contributed by atoms with Gasteiger partial charge in [0.05, 0.1) is 13.2 Å². The van der Waals surface area contributed by atoms with Crippen molar-refractivity contribution in [2.24, 2.45) is 0 Å². The van der Waals surface area contributed by atoms with Crippen LogP contribution >= 0.6 is 0 Å². The molecule has 0 aliphatic carbocycles. The van der Waals surface area contributed by atoms with Crippen molar-refractivity contribution in [1.29, 1.82) is 0 Å². The molecule has 200 valence electrons. The first-order chi connectivity index (χ1) is 15.9. The van der Waals surface area contributed by atoms with Crippen LogP contribution in [0.4, 0.5) is 0 Å². The van der Waals surface area contributed by atoms with E-state index in [0.717, 1.165) is 0 Å². The molecule has 2 fully saturated rings. The number of carbonyl (C=O) groups is 1. The summed E-state index contributed by atoms with van der Waals surface area (Å²) >= 11 is 0. The maximum Gasteiger partial charge on any atom is 0.187 e. The van der Waals surface area contributed by atoms with Crippen molar-refractivity contribution < 1.29 is 80.3 Å². The second-order valence-corrected chi connectivity index (χ2v) is 8.19. The lowest BCUT2D eigenvalue weighted by molar-refractivity contribution is -0.343. The smallest absolute Gasteiger partial charge is 0.187 e. The number of carbonyl (C=O) groups excluding carboxylic acids is 1. The lowest BCUT2D eigenvalue weighted by Gasteiger charge is -2.47. The van der Waals surface area contributed by atoms with Gasteiger partial charge in [-0.05, 0) is 0 Å². The highest BCUT2D eigenvalue weighted by Gasteiger charge is 2.53. The van der Waals surface area contributed by atoms with Crippen molar-refractivity contribution in [1.82, 2.24) is 0 Å². The molecule has 0 aromatic rings. The third-order valence-corrected chi connectivity index (χ3v) is 5.92. The zero-order valence-electron chi connectivity index (χ0n) is 17.7. The van der Waals surface area contributed by atoms with Crippen LogP contribution in [0.2, 0.25) is 0 Å². The van der Waals surface area contributed by atoms with Crippen LogP contribution in [0.15, 0.2) is 0 Å². The van der Waals surface area contributed by atoms with Crippen LogP contribution in [-0.2, 0) is 19.0 Å². The number of aliphatic hydroxyl groups excluding tert-OH is 12. The van der Waals surface area contributed by atoms with Crippen molar-refractivity contribution in [2.45, 2.75) is 91.7 Å². The molecule has 12 N–H and O–H groups in total. The minimum absolute atomic E-state index is 0.151. The molecule has 0 aromatic carbocycles. The summed E-state index contributed by atoms with van der Waals surface area (Å²) in [6.07, 6.45) is -29.9. The average Bonchev–Trinajstić information content (AvgIpc) is 2.84. The Kier molecular flexibility index (Phi) is 10.6. The van der Waals surface area contributed by atoms with Crippen molar-refractivity contribution in [3.63, 3.8) is 0 Å². The fourth-order valence-electron chi connectivity index (χ4n) is 3.77. The highest BCUT2D eigenvalue weighted by molar-refractivity contribution is 5.56. The van der Waals surface area contributed by atoms with Crippen molar-refractivity contribution >= 4 is 6.29 Å². The first-order valence-electron chi connectivity index (χ1n) is 10.3. The second kappa shape index (κ2) is 12.3. The summed E-state index contributed by atoms with van der Waals surface area (Å²) in [5.41, 5.74) is 0. The van der Waals surface area contributed by atoms with Crippen LogP contribution in [0.3, 0.4) is 0 Å². The van der Waals surface area contributed by atoms with E-state index in [4.69, 9.17) is 14.2 Å². The Morgan fingerprint density at radius 1 is 0.676 bits per heavy atom. The maximum atomic E-state index is 10.7. The summed E-state index contributed by atoms with van der Waals surface area (Å²) in [7, 11) is 0. The first kappa shape index (κ1) is 29.3. The molecule has 1 unspecified atom stereocenters. The lowest BCUT2D eigenvalue weighted by atomic mass is 9.87. The van der Waals surface area contributed by atoms with E-state index in [0.29, 0.717) is 0 Å². The Morgan fingerprint density at radius 3 is 1.68 bits per heavy atom. The molecular weight excluding hydrogens is 472 g/mol. The Morgan fingerprint density at radius 2 is 1.18 bits per heavy atom. The van der Waals surface area contributed by atoms with Gasteiger partial charge in [-0.3, -0.25) is 0 Å². The van der Waals surface area contributed by atoms with E-state index in [1.165, 1.54) is 0 Å². The number of rotatable bonds is 10. The van der Waals surface area contributed by atoms with E-state index in [1.54, 1.807) is 0 Å². The number of aliphatic hydroxyl groups is 12. The number of hydrogen-bond acceptors (Lipinski definition) is 16. The van der Waals surface area contributed by atoms with Crippen molar-refractivity contribution in [2.75, 3.05) is 13.2 Å². The van der Waals surface area contributed by atoms with Crippen molar-refractivity contribution in [3.05, 3.63) is 0 Å². The predicted molar refractivity (Wildman–Crippen MR) is 102 cm³/mol. The van der Waals surface area contributed by atoms with Crippen LogP contribution in [0.5, 0.6) is 0 Å². The van der Waals surface area contributed by atoms with Crippen LogP contribution in [0, 0.1) is 0 Å². The van der Waals surface area contributed by atoms with Gasteiger partial charge in [0.1, 0.15) is 85.5 Å². The van der Waals surface area contributed by atoms with E-state index < -0.39 is 105 Å². The topological polar surface area (TPSA) is 288 Å². The van der Waals surface area contributed by atoms with Gasteiger partial charge < -0.3 is 80.3 Å². The Labute approximate surface area is 192 Å². The largest absolute Gasteiger partial charge is 0.394 e. The summed E-state index contributed by atoms with van der Waals surface area (Å²) in [5, 5.41) is 120. The monoisotopic (exact) mass is 504 g/mol. The summed E-state index contributed by atoms with van der Waals surface area (Å²) in [4.78, 5) is 10.7. The van der Waals surface area contributed by atoms with Gasteiger partial charge in [-0.25, -0.2) is 0 Å². The van der Waals surface area contributed by atoms with Gasteiger partial charge in [0.15, 0.2) is 12.6 Å². The van der Waals surface area contributed by atoms with Gasteiger partial charge in [0, 0.05) is 0 Å². The normalized spacial score (nSPS) is 43.5. The molecule has 15 atom stereocenters. The summed E-state index contributed by atoms with van der Waals surface area (Å²) in [6.45, 7) is -1.75. The molecule has 2 saturated heterocycles. The molecule has 16 heteroatoms. The van der Waals surface area contributed by atoms with E-state index in [1.807, 2.05) is 0 Å². The molecule has 0 aromatic heterocycles. The van der Waals surface area contributed by atoms with Gasteiger partial charge in [0.25, 0.3) is 0 Å². The molecular formula is C18H32O16. The molecule has 0 spiro atoms. The Hall–Kier alpha value is -0.930. The zero-order valence-corrected chi connectivity index (χ0v) is 17.7. The fourth-order valence-corrected chi connectivity index (χ4v) is 3.77. The molecule has 16 nitrogen and oxygen atoms in total. The third kappa shape index (κ3) is 5.89. The van der Waals surface area contributed by atoms with Crippen LogP contribution in [0.1, 0.15) is 0 Å². The van der Waals surface area contributed by atoms with Gasteiger partial charge in [-0.15, -0.1) is 0 Å². The molecule has 0 saturated carbocycles. The van der Waals surface area contributed by atoms with Gasteiger partial charge in [-0.2, -0.15) is 0 Å². The molecule has 2 rings (SSSR count). The Balaban J connectivity index is 2.40. The molecule has 2 heterocycles. The van der Waals surface area contributed by atoms with E-state index in [2.05, 4.69) is 0 Å². The molecule has 2 aliphatic heterocycles. The lowest BCUT2D eigenvalue weighted by Crippen LogP contribution is -2.67. The second-order valence-electron chi connectivity index (χ2n) is 8.19. The van der Waals surface area contributed by atoms with E-state index in [-0.39, 0.29) is 6.29 Å². The van der Waals surface area contributed by atoms with Crippen LogP contribution in [-0.4, -0.2) is 173 Å². The van der Waals surface area contributed by atoms with Gasteiger partial charge in [0.2, 0.25) is 0 Å². The molecule has 0 amide bonds. The summed E-state index contributed by atoms with van der Waals surface area (Å²) in [6, 6.07) is 0. The number of hydrogen-bond donors (Lipinski definition) is 12. The van der Waals surface area contributed by atoms with E-state index in [9.17, 15) is 66.1 Å². The number of ether oxygens (including phenoxy) is 3. The van der Waals surface area contributed by atoms with Crippen LogP contribution in [0.25, 0.3) is 0 Å².